The summed E-state index contributed by atoms with van der Waals surface area (Å²) in [5.74, 6) is 0. The lowest BCUT2D eigenvalue weighted by atomic mass is 10.1. The monoisotopic (exact) mass is 200 g/mol. The molecule has 3 nitrogen and oxygen atoms in total. The molecule has 3 atom stereocenters. The molecule has 1 aliphatic heterocycles. The fourth-order valence-corrected chi connectivity index (χ4v) is 2.27. The summed E-state index contributed by atoms with van der Waals surface area (Å²) in [6, 6.07) is 0.823. The van der Waals surface area contributed by atoms with E-state index in [4.69, 9.17) is 0 Å². The summed E-state index contributed by atoms with van der Waals surface area (Å²) in [5, 5.41) is 9.59. The summed E-state index contributed by atoms with van der Waals surface area (Å²) in [4.78, 5) is 4.80. The molecule has 0 aromatic heterocycles. The molecule has 0 saturated carbocycles. The van der Waals surface area contributed by atoms with Gasteiger partial charge in [0, 0.05) is 25.2 Å². The van der Waals surface area contributed by atoms with E-state index < -0.39 is 0 Å². The molecule has 0 radical (unpaired) electrons. The molecule has 3 heteroatoms. The van der Waals surface area contributed by atoms with E-state index in [1.54, 1.807) is 0 Å². The van der Waals surface area contributed by atoms with Crippen molar-refractivity contribution in [3.63, 3.8) is 0 Å². The van der Waals surface area contributed by atoms with E-state index in [2.05, 4.69) is 30.7 Å². The van der Waals surface area contributed by atoms with Crippen LogP contribution in [0.5, 0.6) is 0 Å². The normalized spacial score (nSPS) is 31.1. The van der Waals surface area contributed by atoms with Gasteiger partial charge in [-0.3, -0.25) is 4.90 Å². The van der Waals surface area contributed by atoms with Crippen LogP contribution in [0.1, 0.15) is 27.2 Å². The van der Waals surface area contributed by atoms with E-state index in [0.29, 0.717) is 6.04 Å². The first-order chi connectivity index (χ1) is 6.52. The molecule has 0 aromatic carbocycles. The summed E-state index contributed by atoms with van der Waals surface area (Å²) >= 11 is 0. The molecular weight excluding hydrogens is 176 g/mol. The second-order valence-electron chi connectivity index (χ2n) is 4.68. The number of aliphatic hydroxyl groups excluding tert-OH is 1. The highest BCUT2D eigenvalue weighted by molar-refractivity contribution is 4.81. The predicted molar refractivity (Wildman–Crippen MR) is 59.4 cm³/mol. The Kier molecular flexibility index (Phi) is 4.35. The van der Waals surface area contributed by atoms with E-state index in [1.165, 1.54) is 13.0 Å². The van der Waals surface area contributed by atoms with Gasteiger partial charge in [0.05, 0.1) is 6.10 Å². The molecule has 0 bridgehead atoms. The average molecular weight is 200 g/mol. The van der Waals surface area contributed by atoms with Crippen LogP contribution in [0.25, 0.3) is 0 Å². The van der Waals surface area contributed by atoms with E-state index >= 15 is 0 Å². The molecule has 0 aromatic rings. The SMILES string of the molecule is CC(O)C(C)N1CCCN(C)CC1C. The number of nitrogens with zero attached hydrogens (tertiary/aromatic N) is 2. The minimum Gasteiger partial charge on any atom is -0.392 e. The van der Waals surface area contributed by atoms with Crippen molar-refractivity contribution in [1.29, 1.82) is 0 Å². The molecule has 3 unspecified atom stereocenters. The molecule has 1 N–H and O–H groups in total. The highest BCUT2D eigenvalue weighted by Gasteiger charge is 2.25. The quantitative estimate of drug-likeness (QED) is 0.713. The van der Waals surface area contributed by atoms with Gasteiger partial charge in [0.2, 0.25) is 0 Å². The van der Waals surface area contributed by atoms with Crippen molar-refractivity contribution in [2.45, 2.75) is 45.4 Å². The molecule has 1 rings (SSSR count). The van der Waals surface area contributed by atoms with Crippen LogP contribution in [0.4, 0.5) is 0 Å². The summed E-state index contributed by atoms with van der Waals surface area (Å²) in [6.45, 7) is 9.64. The Bertz CT molecular complexity index is 173. The number of aliphatic hydroxyl groups is 1. The summed E-state index contributed by atoms with van der Waals surface area (Å²) in [6.07, 6.45) is 0.971. The van der Waals surface area contributed by atoms with Crippen molar-refractivity contribution in [2.24, 2.45) is 0 Å². The van der Waals surface area contributed by atoms with Gasteiger partial charge in [-0.25, -0.2) is 0 Å². The van der Waals surface area contributed by atoms with Crippen molar-refractivity contribution in [1.82, 2.24) is 9.80 Å². The highest BCUT2D eigenvalue weighted by Crippen LogP contribution is 2.14. The molecule has 1 heterocycles. The van der Waals surface area contributed by atoms with Crippen molar-refractivity contribution in [3.05, 3.63) is 0 Å². The van der Waals surface area contributed by atoms with Gasteiger partial charge < -0.3 is 10.0 Å². The Balaban J connectivity index is 2.58. The van der Waals surface area contributed by atoms with E-state index in [9.17, 15) is 5.11 Å². The minimum atomic E-state index is -0.235. The maximum atomic E-state index is 9.59. The molecule has 1 fully saturated rings. The first kappa shape index (κ1) is 12.0. The summed E-state index contributed by atoms with van der Waals surface area (Å²) < 4.78 is 0. The third-order valence-electron chi connectivity index (χ3n) is 3.32. The lowest BCUT2D eigenvalue weighted by Gasteiger charge is -2.35. The van der Waals surface area contributed by atoms with Crippen molar-refractivity contribution in [3.8, 4) is 0 Å². The Morgan fingerprint density at radius 3 is 2.50 bits per heavy atom. The van der Waals surface area contributed by atoms with E-state index in [-0.39, 0.29) is 12.1 Å². The van der Waals surface area contributed by atoms with Gasteiger partial charge in [-0.1, -0.05) is 0 Å². The minimum absolute atomic E-state index is 0.235. The summed E-state index contributed by atoms with van der Waals surface area (Å²) in [5.41, 5.74) is 0. The van der Waals surface area contributed by atoms with Gasteiger partial charge in [-0.15, -0.1) is 0 Å². The molecule has 84 valence electrons. The Hall–Kier alpha value is -0.120. The van der Waals surface area contributed by atoms with Crippen LogP contribution in [0, 0.1) is 0 Å². The first-order valence-corrected chi connectivity index (χ1v) is 5.64. The van der Waals surface area contributed by atoms with Crippen LogP contribution in [0.3, 0.4) is 0 Å². The van der Waals surface area contributed by atoms with Crippen molar-refractivity contribution in [2.75, 3.05) is 26.7 Å². The average Bonchev–Trinajstić information content (AvgIpc) is 2.25. The Morgan fingerprint density at radius 1 is 1.29 bits per heavy atom. The standard InChI is InChI=1S/C11H24N2O/c1-9-8-12(4)6-5-7-13(9)10(2)11(3)14/h9-11,14H,5-8H2,1-4H3. The van der Waals surface area contributed by atoms with E-state index in [1.807, 2.05) is 6.92 Å². The topological polar surface area (TPSA) is 26.7 Å². The van der Waals surface area contributed by atoms with Gasteiger partial charge in [-0.05, 0) is 40.8 Å². The maximum Gasteiger partial charge on any atom is 0.0664 e. The Labute approximate surface area is 87.7 Å². The molecule has 1 aliphatic rings. The second kappa shape index (κ2) is 5.10. The molecule has 14 heavy (non-hydrogen) atoms. The first-order valence-electron chi connectivity index (χ1n) is 5.64. The largest absolute Gasteiger partial charge is 0.392 e. The fraction of sp³-hybridized carbons (Fsp3) is 1.00. The van der Waals surface area contributed by atoms with Crippen LogP contribution in [0.2, 0.25) is 0 Å². The molecule has 1 saturated heterocycles. The zero-order chi connectivity index (χ0) is 10.7. The van der Waals surface area contributed by atoms with Crippen LogP contribution >= 0.6 is 0 Å². The second-order valence-corrected chi connectivity index (χ2v) is 4.68. The number of rotatable bonds is 2. The van der Waals surface area contributed by atoms with Crippen molar-refractivity contribution >= 4 is 0 Å². The van der Waals surface area contributed by atoms with Gasteiger partial charge in [0.15, 0.2) is 0 Å². The zero-order valence-electron chi connectivity index (χ0n) is 9.90. The van der Waals surface area contributed by atoms with Crippen LogP contribution in [-0.4, -0.2) is 59.8 Å². The van der Waals surface area contributed by atoms with Crippen LogP contribution in [-0.2, 0) is 0 Å². The zero-order valence-corrected chi connectivity index (χ0v) is 9.90. The lowest BCUT2D eigenvalue weighted by Crippen LogP contribution is -2.47. The molecule has 0 amide bonds. The highest BCUT2D eigenvalue weighted by atomic mass is 16.3. The van der Waals surface area contributed by atoms with Gasteiger partial charge in [0.25, 0.3) is 0 Å². The van der Waals surface area contributed by atoms with Crippen LogP contribution < -0.4 is 0 Å². The predicted octanol–water partition coefficient (Wildman–Crippen LogP) is 0.782. The third kappa shape index (κ3) is 2.94. The van der Waals surface area contributed by atoms with Crippen molar-refractivity contribution < 1.29 is 5.11 Å². The van der Waals surface area contributed by atoms with Gasteiger partial charge in [0.1, 0.15) is 0 Å². The Morgan fingerprint density at radius 2 is 1.93 bits per heavy atom. The van der Waals surface area contributed by atoms with Gasteiger partial charge in [-0.2, -0.15) is 0 Å². The molecular formula is C11H24N2O. The number of likely N-dealkylation sites (N-methyl/N-ethyl adjacent to an activating group) is 1. The van der Waals surface area contributed by atoms with Gasteiger partial charge >= 0.3 is 0 Å². The van der Waals surface area contributed by atoms with E-state index in [0.717, 1.165) is 13.1 Å². The maximum absolute atomic E-state index is 9.59. The number of hydrogen-bond donors (Lipinski definition) is 1. The fourth-order valence-electron chi connectivity index (χ4n) is 2.27. The van der Waals surface area contributed by atoms with Crippen LogP contribution in [0.15, 0.2) is 0 Å². The number of hydrogen-bond acceptors (Lipinski definition) is 3. The molecule has 0 aliphatic carbocycles. The summed E-state index contributed by atoms with van der Waals surface area (Å²) in [7, 11) is 2.17. The molecule has 0 spiro atoms. The smallest absolute Gasteiger partial charge is 0.0664 e. The third-order valence-corrected chi connectivity index (χ3v) is 3.32. The lowest BCUT2D eigenvalue weighted by molar-refractivity contribution is 0.0490.